The number of ether oxygens (including phenoxy) is 1. The van der Waals surface area contributed by atoms with Crippen LogP contribution in [0, 0.1) is 0 Å². The van der Waals surface area contributed by atoms with Crippen LogP contribution >= 0.6 is 11.6 Å². The fourth-order valence-electron chi connectivity index (χ4n) is 1.80. The van der Waals surface area contributed by atoms with Crippen molar-refractivity contribution < 1.29 is 4.74 Å². The van der Waals surface area contributed by atoms with Gasteiger partial charge in [0.2, 0.25) is 11.2 Å². The van der Waals surface area contributed by atoms with Crippen LogP contribution < -0.4 is 4.74 Å². The molecule has 2 heterocycles. The van der Waals surface area contributed by atoms with Crippen molar-refractivity contribution in [2.45, 2.75) is 13.3 Å². The molecular formula is C13H11ClN4O. The summed E-state index contributed by atoms with van der Waals surface area (Å²) >= 11 is 5.85. The smallest absolute Gasteiger partial charge is 0.250 e. The predicted molar refractivity (Wildman–Crippen MR) is 72.6 cm³/mol. The first-order valence-corrected chi connectivity index (χ1v) is 6.27. The van der Waals surface area contributed by atoms with Gasteiger partial charge in [0, 0.05) is 0 Å². The first-order chi connectivity index (χ1) is 9.26. The summed E-state index contributed by atoms with van der Waals surface area (Å²) in [4.78, 5) is 15.1. The molecule has 96 valence electrons. The van der Waals surface area contributed by atoms with Gasteiger partial charge in [-0.25, -0.2) is 4.98 Å². The zero-order valence-electron chi connectivity index (χ0n) is 10.2. The standard InChI is InChI=1S/C13H11ClN4O/c1-2-8-4-3-5-9(6-8)19-12-10-11(16-7-15-10)17-13(14)18-12/h3-7H,2H2,1H3,(H,15,16,17,18). The Balaban J connectivity index is 2.02. The fourth-order valence-corrected chi connectivity index (χ4v) is 1.95. The first kappa shape index (κ1) is 11.9. The third kappa shape index (κ3) is 2.37. The summed E-state index contributed by atoms with van der Waals surface area (Å²) in [6.45, 7) is 2.09. The number of fused-ring (bicyclic) bond motifs is 1. The van der Waals surface area contributed by atoms with Crippen molar-refractivity contribution in [3.05, 3.63) is 41.4 Å². The van der Waals surface area contributed by atoms with E-state index in [9.17, 15) is 0 Å². The number of H-pyrrole nitrogens is 1. The summed E-state index contributed by atoms with van der Waals surface area (Å²) < 4.78 is 5.77. The highest BCUT2D eigenvalue weighted by molar-refractivity contribution is 6.28. The summed E-state index contributed by atoms with van der Waals surface area (Å²) in [5, 5.41) is 0.112. The van der Waals surface area contributed by atoms with Gasteiger partial charge < -0.3 is 9.72 Å². The van der Waals surface area contributed by atoms with Gasteiger partial charge >= 0.3 is 0 Å². The zero-order chi connectivity index (χ0) is 13.2. The van der Waals surface area contributed by atoms with Crippen molar-refractivity contribution >= 4 is 22.8 Å². The average Bonchev–Trinajstić information content (AvgIpc) is 2.87. The van der Waals surface area contributed by atoms with E-state index in [4.69, 9.17) is 16.3 Å². The minimum Gasteiger partial charge on any atom is -0.437 e. The number of halogens is 1. The van der Waals surface area contributed by atoms with E-state index in [1.54, 1.807) is 0 Å². The molecule has 3 rings (SSSR count). The number of aromatic amines is 1. The molecule has 0 spiro atoms. The van der Waals surface area contributed by atoms with E-state index in [1.165, 1.54) is 11.9 Å². The molecule has 0 amide bonds. The van der Waals surface area contributed by atoms with Gasteiger partial charge in [0.05, 0.1) is 6.33 Å². The number of imidazole rings is 1. The van der Waals surface area contributed by atoms with Crippen LogP contribution in [-0.2, 0) is 6.42 Å². The SMILES string of the molecule is CCc1cccc(Oc2nc(Cl)nc3nc[nH]c23)c1. The maximum Gasteiger partial charge on any atom is 0.250 e. The van der Waals surface area contributed by atoms with Crippen LogP contribution in [0.5, 0.6) is 11.6 Å². The number of aryl methyl sites for hydroxylation is 1. The topological polar surface area (TPSA) is 63.7 Å². The Morgan fingerprint density at radius 2 is 2.21 bits per heavy atom. The molecule has 0 saturated carbocycles. The lowest BCUT2D eigenvalue weighted by molar-refractivity contribution is 0.466. The van der Waals surface area contributed by atoms with E-state index in [1.807, 2.05) is 24.3 Å². The molecule has 0 aliphatic rings. The fraction of sp³-hybridized carbons (Fsp3) is 0.154. The summed E-state index contributed by atoms with van der Waals surface area (Å²) in [5.41, 5.74) is 2.31. The summed E-state index contributed by atoms with van der Waals surface area (Å²) in [6.07, 6.45) is 2.48. The number of aromatic nitrogens is 4. The van der Waals surface area contributed by atoms with Gasteiger partial charge in [0.15, 0.2) is 5.65 Å². The van der Waals surface area contributed by atoms with Crippen molar-refractivity contribution in [3.63, 3.8) is 0 Å². The second-order valence-corrected chi connectivity index (χ2v) is 4.34. The Kier molecular flexibility index (Phi) is 3.05. The maximum atomic E-state index is 5.85. The minimum absolute atomic E-state index is 0.112. The minimum atomic E-state index is 0.112. The Bertz CT molecular complexity index is 725. The first-order valence-electron chi connectivity index (χ1n) is 5.89. The number of nitrogens with one attached hydrogen (secondary N) is 1. The van der Waals surface area contributed by atoms with Crippen molar-refractivity contribution in [1.82, 2.24) is 19.9 Å². The Labute approximate surface area is 114 Å². The third-order valence-electron chi connectivity index (χ3n) is 2.75. The Hall–Kier alpha value is -2.14. The molecule has 6 heteroatoms. The number of hydrogen-bond donors (Lipinski definition) is 1. The van der Waals surface area contributed by atoms with Gasteiger partial charge in [0.1, 0.15) is 11.3 Å². The second kappa shape index (κ2) is 4.85. The molecule has 5 nitrogen and oxygen atoms in total. The highest BCUT2D eigenvalue weighted by Crippen LogP contribution is 2.26. The molecule has 0 fully saturated rings. The van der Waals surface area contributed by atoms with Crippen LogP contribution in [0.15, 0.2) is 30.6 Å². The van der Waals surface area contributed by atoms with Gasteiger partial charge in [-0.05, 0) is 35.7 Å². The van der Waals surface area contributed by atoms with E-state index in [0.29, 0.717) is 22.8 Å². The average molecular weight is 275 g/mol. The summed E-state index contributed by atoms with van der Waals surface area (Å²) in [6, 6.07) is 7.84. The van der Waals surface area contributed by atoms with Crippen LogP contribution in [0.3, 0.4) is 0 Å². The highest BCUT2D eigenvalue weighted by atomic mass is 35.5. The lowest BCUT2D eigenvalue weighted by atomic mass is 10.2. The monoisotopic (exact) mass is 274 g/mol. The Morgan fingerprint density at radius 1 is 1.32 bits per heavy atom. The number of rotatable bonds is 3. The van der Waals surface area contributed by atoms with E-state index >= 15 is 0 Å². The van der Waals surface area contributed by atoms with Gasteiger partial charge in [0.25, 0.3) is 0 Å². The summed E-state index contributed by atoms with van der Waals surface area (Å²) in [7, 11) is 0. The molecule has 0 aliphatic carbocycles. The van der Waals surface area contributed by atoms with Crippen molar-refractivity contribution in [3.8, 4) is 11.6 Å². The van der Waals surface area contributed by atoms with Gasteiger partial charge in [-0.2, -0.15) is 9.97 Å². The molecule has 0 saturated heterocycles. The normalized spacial score (nSPS) is 10.8. The molecular weight excluding hydrogens is 264 g/mol. The van der Waals surface area contributed by atoms with Crippen LogP contribution in [0.2, 0.25) is 5.28 Å². The van der Waals surface area contributed by atoms with Gasteiger partial charge in [-0.3, -0.25) is 0 Å². The lowest BCUT2D eigenvalue weighted by Crippen LogP contribution is -1.93. The van der Waals surface area contributed by atoms with Crippen LogP contribution in [0.4, 0.5) is 0 Å². The van der Waals surface area contributed by atoms with E-state index < -0.39 is 0 Å². The molecule has 19 heavy (non-hydrogen) atoms. The maximum absolute atomic E-state index is 5.85. The zero-order valence-corrected chi connectivity index (χ0v) is 11.0. The van der Waals surface area contributed by atoms with Gasteiger partial charge in [-0.15, -0.1) is 0 Å². The number of hydrogen-bond acceptors (Lipinski definition) is 4. The molecule has 0 unspecified atom stereocenters. The largest absolute Gasteiger partial charge is 0.437 e. The quantitative estimate of drug-likeness (QED) is 0.744. The van der Waals surface area contributed by atoms with E-state index in [2.05, 4.69) is 26.9 Å². The highest BCUT2D eigenvalue weighted by Gasteiger charge is 2.11. The van der Waals surface area contributed by atoms with Gasteiger partial charge in [-0.1, -0.05) is 19.1 Å². The molecule has 0 radical (unpaired) electrons. The molecule has 2 aromatic heterocycles. The van der Waals surface area contributed by atoms with Crippen LogP contribution in [-0.4, -0.2) is 19.9 Å². The van der Waals surface area contributed by atoms with Crippen LogP contribution in [0.1, 0.15) is 12.5 Å². The Morgan fingerprint density at radius 3 is 3.05 bits per heavy atom. The van der Waals surface area contributed by atoms with E-state index in [0.717, 1.165) is 6.42 Å². The summed E-state index contributed by atoms with van der Waals surface area (Å²) in [5.74, 6) is 1.09. The second-order valence-electron chi connectivity index (χ2n) is 4.00. The van der Waals surface area contributed by atoms with Crippen molar-refractivity contribution in [2.24, 2.45) is 0 Å². The molecule has 1 N–H and O–H groups in total. The van der Waals surface area contributed by atoms with Crippen molar-refractivity contribution in [1.29, 1.82) is 0 Å². The predicted octanol–water partition coefficient (Wildman–Crippen LogP) is 3.36. The van der Waals surface area contributed by atoms with E-state index in [-0.39, 0.29) is 5.28 Å². The number of nitrogens with zero attached hydrogens (tertiary/aromatic N) is 3. The lowest BCUT2D eigenvalue weighted by Gasteiger charge is -2.06. The molecule has 0 aliphatic heterocycles. The van der Waals surface area contributed by atoms with Crippen LogP contribution in [0.25, 0.3) is 11.2 Å². The third-order valence-corrected chi connectivity index (χ3v) is 2.92. The van der Waals surface area contributed by atoms with Crippen molar-refractivity contribution in [2.75, 3.05) is 0 Å². The molecule has 0 bridgehead atoms. The number of benzene rings is 1. The molecule has 1 aromatic carbocycles. The molecule has 0 atom stereocenters. The molecule has 3 aromatic rings.